The van der Waals surface area contributed by atoms with Crippen molar-refractivity contribution in [3.05, 3.63) is 34.9 Å². The lowest BCUT2D eigenvalue weighted by Crippen LogP contribution is -2.56. The van der Waals surface area contributed by atoms with E-state index in [-0.39, 0.29) is 28.6 Å². The number of likely N-dealkylation sites (tertiary alicyclic amines) is 1. The maximum Gasteiger partial charge on any atom is 0.245 e. The second kappa shape index (κ2) is 7.70. The number of halogens is 1. The number of nitrogens with zero attached hydrogens (tertiary/aromatic N) is 1. The molecule has 0 bridgehead atoms. The third kappa shape index (κ3) is 4.37. The van der Waals surface area contributed by atoms with E-state index < -0.39 is 6.04 Å². The van der Waals surface area contributed by atoms with Crippen LogP contribution in [0.4, 0.5) is 0 Å². The first-order chi connectivity index (χ1) is 13.0. The summed E-state index contributed by atoms with van der Waals surface area (Å²) < 4.78 is 0. The van der Waals surface area contributed by atoms with Gasteiger partial charge in [0.15, 0.2) is 0 Å². The van der Waals surface area contributed by atoms with Crippen molar-refractivity contribution in [2.24, 2.45) is 16.7 Å². The number of hydrogen-bond donors (Lipinski definition) is 1. The number of rotatable bonds is 5. The molecule has 2 fully saturated rings. The average Bonchev–Trinajstić information content (AvgIpc) is 3.37. The van der Waals surface area contributed by atoms with Crippen molar-refractivity contribution < 1.29 is 9.59 Å². The van der Waals surface area contributed by atoms with Gasteiger partial charge in [-0.15, -0.1) is 0 Å². The fourth-order valence-corrected chi connectivity index (χ4v) is 4.42. The van der Waals surface area contributed by atoms with Crippen LogP contribution >= 0.6 is 11.6 Å². The monoisotopic (exact) mass is 404 g/mol. The van der Waals surface area contributed by atoms with E-state index in [4.69, 9.17) is 11.6 Å². The summed E-state index contributed by atoms with van der Waals surface area (Å²) in [4.78, 5) is 27.8. The SMILES string of the molecule is CC(C)[C@@H](NC(=O)C1(C)CC1)C(=O)N1CC[C@H](c2ccc(Cl)cc2)C(C)(C)C1. The number of nitrogens with one attached hydrogen (secondary N) is 1. The Morgan fingerprint density at radius 2 is 1.75 bits per heavy atom. The van der Waals surface area contributed by atoms with Crippen molar-refractivity contribution in [3.63, 3.8) is 0 Å². The molecule has 1 aromatic carbocycles. The van der Waals surface area contributed by atoms with Crippen molar-refractivity contribution in [1.29, 1.82) is 0 Å². The molecule has 2 atom stereocenters. The Morgan fingerprint density at radius 1 is 1.14 bits per heavy atom. The van der Waals surface area contributed by atoms with Gasteiger partial charge in [-0.25, -0.2) is 0 Å². The van der Waals surface area contributed by atoms with Crippen molar-refractivity contribution in [2.75, 3.05) is 13.1 Å². The molecule has 3 rings (SSSR count). The Morgan fingerprint density at radius 3 is 2.25 bits per heavy atom. The van der Waals surface area contributed by atoms with Crippen LogP contribution in [0.25, 0.3) is 0 Å². The molecular weight excluding hydrogens is 372 g/mol. The summed E-state index contributed by atoms with van der Waals surface area (Å²) in [7, 11) is 0. The Kier molecular flexibility index (Phi) is 5.82. The standard InChI is InChI=1S/C23H33ClN2O2/c1-15(2)19(25-21(28)23(5)11-12-23)20(27)26-13-10-18(22(3,4)14-26)16-6-8-17(24)9-7-16/h6-9,15,18-19H,10-14H2,1-5H3,(H,25,28)/t18-,19-/m1/s1. The molecule has 4 nitrogen and oxygen atoms in total. The lowest BCUT2D eigenvalue weighted by atomic mass is 9.70. The van der Waals surface area contributed by atoms with Crippen molar-refractivity contribution >= 4 is 23.4 Å². The molecule has 0 radical (unpaired) electrons. The smallest absolute Gasteiger partial charge is 0.245 e. The Bertz CT molecular complexity index is 737. The molecule has 1 heterocycles. The van der Waals surface area contributed by atoms with Crippen LogP contribution in [0.1, 0.15) is 65.4 Å². The number of amides is 2. The topological polar surface area (TPSA) is 49.4 Å². The highest BCUT2D eigenvalue weighted by atomic mass is 35.5. The first kappa shape index (κ1) is 21.2. The molecule has 2 amide bonds. The minimum absolute atomic E-state index is 0.0230. The van der Waals surface area contributed by atoms with Crippen LogP contribution in [0, 0.1) is 16.7 Å². The van der Waals surface area contributed by atoms with Crippen molar-refractivity contribution in [3.8, 4) is 0 Å². The van der Waals surface area contributed by atoms with Gasteiger partial charge < -0.3 is 10.2 Å². The molecule has 2 aliphatic rings. The third-order valence-electron chi connectivity index (χ3n) is 6.58. The number of carbonyl (C=O) groups is 2. The maximum absolute atomic E-state index is 13.3. The normalized spacial score (nSPS) is 24.0. The summed E-state index contributed by atoms with van der Waals surface area (Å²) >= 11 is 6.04. The van der Waals surface area contributed by atoms with E-state index in [2.05, 4.69) is 31.3 Å². The first-order valence-electron chi connectivity index (χ1n) is 10.4. The van der Waals surface area contributed by atoms with Gasteiger partial charge in [0.2, 0.25) is 11.8 Å². The third-order valence-corrected chi connectivity index (χ3v) is 6.83. The van der Waals surface area contributed by atoms with Crippen LogP contribution in [-0.4, -0.2) is 35.8 Å². The van der Waals surface area contributed by atoms with Gasteiger partial charge in [-0.3, -0.25) is 9.59 Å². The lowest BCUT2D eigenvalue weighted by molar-refractivity contribution is -0.141. The second-order valence-corrected chi connectivity index (χ2v) is 10.3. The fraction of sp³-hybridized carbons (Fsp3) is 0.652. The van der Waals surface area contributed by atoms with E-state index in [1.54, 1.807) is 0 Å². The second-order valence-electron chi connectivity index (χ2n) is 9.90. The van der Waals surface area contributed by atoms with Gasteiger partial charge in [-0.2, -0.15) is 0 Å². The Balaban J connectivity index is 1.70. The fourth-order valence-electron chi connectivity index (χ4n) is 4.30. The van der Waals surface area contributed by atoms with Crippen LogP contribution < -0.4 is 5.32 Å². The molecule has 1 saturated heterocycles. The van der Waals surface area contributed by atoms with Gasteiger partial charge in [-0.1, -0.05) is 58.4 Å². The van der Waals surface area contributed by atoms with Crippen molar-refractivity contribution in [1.82, 2.24) is 10.2 Å². The predicted octanol–water partition coefficient (Wildman–Crippen LogP) is 4.62. The Labute approximate surface area is 174 Å². The molecule has 1 aliphatic carbocycles. The number of hydrogen-bond acceptors (Lipinski definition) is 2. The predicted molar refractivity (Wildman–Crippen MR) is 113 cm³/mol. The summed E-state index contributed by atoms with van der Waals surface area (Å²) in [6, 6.07) is 7.62. The quantitative estimate of drug-likeness (QED) is 0.778. The summed E-state index contributed by atoms with van der Waals surface area (Å²) in [6.45, 7) is 11.8. The van der Waals surface area contributed by atoms with Gasteiger partial charge in [0.05, 0.1) is 0 Å². The van der Waals surface area contributed by atoms with Crippen LogP contribution in [0.2, 0.25) is 5.02 Å². The molecule has 1 saturated carbocycles. The summed E-state index contributed by atoms with van der Waals surface area (Å²) in [6.07, 6.45) is 2.74. The van der Waals surface area contributed by atoms with Gasteiger partial charge in [0, 0.05) is 23.5 Å². The molecule has 0 aromatic heterocycles. The summed E-state index contributed by atoms with van der Waals surface area (Å²) in [5.41, 5.74) is 0.959. The highest BCUT2D eigenvalue weighted by molar-refractivity contribution is 6.30. The number of carbonyl (C=O) groups excluding carboxylic acids is 2. The zero-order chi connectivity index (χ0) is 20.7. The van der Waals surface area contributed by atoms with E-state index in [0.29, 0.717) is 19.0 Å². The molecule has 0 spiro atoms. The van der Waals surface area contributed by atoms with Crippen LogP contribution in [-0.2, 0) is 9.59 Å². The maximum atomic E-state index is 13.3. The van der Waals surface area contributed by atoms with E-state index in [1.165, 1.54) is 5.56 Å². The lowest BCUT2D eigenvalue weighted by Gasteiger charge is -2.46. The van der Waals surface area contributed by atoms with Crippen LogP contribution in [0.5, 0.6) is 0 Å². The molecule has 28 heavy (non-hydrogen) atoms. The largest absolute Gasteiger partial charge is 0.344 e. The van der Waals surface area contributed by atoms with Crippen LogP contribution in [0.3, 0.4) is 0 Å². The van der Waals surface area contributed by atoms with E-state index in [9.17, 15) is 9.59 Å². The van der Waals surface area contributed by atoms with Gasteiger partial charge >= 0.3 is 0 Å². The summed E-state index contributed by atoms with van der Waals surface area (Å²) in [5, 5.41) is 3.79. The highest BCUT2D eigenvalue weighted by Crippen LogP contribution is 2.45. The zero-order valence-corrected chi connectivity index (χ0v) is 18.5. The molecule has 1 aromatic rings. The molecule has 1 N–H and O–H groups in total. The molecule has 154 valence electrons. The van der Waals surface area contributed by atoms with E-state index in [1.807, 2.05) is 37.8 Å². The molecule has 0 unspecified atom stereocenters. The minimum atomic E-state index is -0.451. The minimum Gasteiger partial charge on any atom is -0.344 e. The molecular formula is C23H33ClN2O2. The number of benzene rings is 1. The zero-order valence-electron chi connectivity index (χ0n) is 17.7. The summed E-state index contributed by atoms with van der Waals surface area (Å²) in [5.74, 6) is 0.521. The van der Waals surface area contributed by atoms with Crippen LogP contribution in [0.15, 0.2) is 24.3 Å². The first-order valence-corrected chi connectivity index (χ1v) is 10.8. The van der Waals surface area contributed by atoms with Crippen molar-refractivity contribution in [2.45, 2.75) is 65.8 Å². The average molecular weight is 405 g/mol. The van der Waals surface area contributed by atoms with E-state index in [0.717, 1.165) is 24.3 Å². The van der Waals surface area contributed by atoms with Gasteiger partial charge in [0.25, 0.3) is 0 Å². The van der Waals surface area contributed by atoms with Gasteiger partial charge in [0.1, 0.15) is 6.04 Å². The molecule has 1 aliphatic heterocycles. The Hall–Kier alpha value is -1.55. The molecule has 5 heteroatoms. The number of piperidine rings is 1. The highest BCUT2D eigenvalue weighted by Gasteiger charge is 2.47. The van der Waals surface area contributed by atoms with E-state index >= 15 is 0 Å². The van der Waals surface area contributed by atoms with Gasteiger partial charge in [-0.05, 0) is 54.2 Å².